The zero-order valence-electron chi connectivity index (χ0n) is 14.5. The molecule has 0 aliphatic heterocycles. The molecule has 0 saturated heterocycles. The summed E-state index contributed by atoms with van der Waals surface area (Å²) < 4.78 is 22.9. The molecule has 0 aliphatic carbocycles. The van der Waals surface area contributed by atoms with E-state index in [4.69, 9.17) is 18.9 Å². The first kappa shape index (κ1) is 18.9. The lowest BCUT2D eigenvalue weighted by molar-refractivity contribution is 0.0570. The van der Waals surface area contributed by atoms with Gasteiger partial charge < -0.3 is 18.9 Å². The van der Waals surface area contributed by atoms with Crippen molar-refractivity contribution in [2.45, 2.75) is 25.9 Å². The van der Waals surface area contributed by atoms with Crippen LogP contribution in [-0.2, 0) is 4.74 Å². The summed E-state index contributed by atoms with van der Waals surface area (Å²) in [5.41, 5.74) is 0. The van der Waals surface area contributed by atoms with Crippen molar-refractivity contribution in [3.05, 3.63) is 30.3 Å². The van der Waals surface area contributed by atoms with E-state index < -0.39 is 0 Å². The summed E-state index contributed by atoms with van der Waals surface area (Å²) in [6.45, 7) is 3.23. The van der Waals surface area contributed by atoms with Crippen LogP contribution in [0.25, 0.3) is 10.8 Å². The fourth-order valence-corrected chi connectivity index (χ4v) is 3.00. The van der Waals surface area contributed by atoms with E-state index in [9.17, 15) is 0 Å². The second-order valence-electron chi connectivity index (χ2n) is 5.45. The molecule has 0 spiro atoms. The van der Waals surface area contributed by atoms with E-state index in [2.05, 4.69) is 22.9 Å². The third-order valence-electron chi connectivity index (χ3n) is 3.78. The number of benzene rings is 2. The summed E-state index contributed by atoms with van der Waals surface area (Å²) in [6, 6.07) is 9.95. The molecular formula is C19H25BrO4. The highest BCUT2D eigenvalue weighted by Gasteiger charge is 2.16. The molecule has 2 rings (SSSR count). The van der Waals surface area contributed by atoms with Crippen LogP contribution in [0.4, 0.5) is 0 Å². The highest BCUT2D eigenvalue weighted by molar-refractivity contribution is 9.09. The molecule has 0 heterocycles. The van der Waals surface area contributed by atoms with Crippen molar-refractivity contribution in [3.8, 4) is 17.2 Å². The van der Waals surface area contributed by atoms with Crippen molar-refractivity contribution in [3.63, 3.8) is 0 Å². The molecule has 0 aliphatic rings. The Labute approximate surface area is 152 Å². The molecule has 4 nitrogen and oxygen atoms in total. The minimum absolute atomic E-state index is 0.0464. The maximum absolute atomic E-state index is 6.05. The predicted molar refractivity (Wildman–Crippen MR) is 101 cm³/mol. The molecule has 0 N–H and O–H groups in total. The number of hydrogen-bond donors (Lipinski definition) is 0. The Kier molecular flexibility index (Phi) is 7.66. The molecule has 24 heavy (non-hydrogen) atoms. The van der Waals surface area contributed by atoms with Crippen LogP contribution in [-0.4, -0.2) is 38.9 Å². The predicted octanol–water partition coefficient (Wildman–Crippen LogP) is 4.82. The van der Waals surface area contributed by atoms with E-state index in [0.717, 1.165) is 40.4 Å². The van der Waals surface area contributed by atoms with Crippen LogP contribution in [0.5, 0.6) is 17.2 Å². The molecule has 1 atom stereocenters. The van der Waals surface area contributed by atoms with Crippen molar-refractivity contribution < 1.29 is 18.9 Å². The van der Waals surface area contributed by atoms with Crippen molar-refractivity contribution in [1.82, 2.24) is 0 Å². The molecule has 2 aromatic rings. The molecule has 5 heteroatoms. The van der Waals surface area contributed by atoms with Gasteiger partial charge in [0.15, 0.2) is 11.5 Å². The average molecular weight is 397 g/mol. The van der Waals surface area contributed by atoms with Crippen molar-refractivity contribution >= 4 is 26.7 Å². The van der Waals surface area contributed by atoms with Crippen LogP contribution in [0.2, 0.25) is 0 Å². The molecule has 0 fully saturated rings. The first-order valence-electron chi connectivity index (χ1n) is 8.19. The molecule has 132 valence electrons. The molecule has 0 aromatic heterocycles. The lowest BCUT2D eigenvalue weighted by Crippen LogP contribution is -2.20. The van der Waals surface area contributed by atoms with Crippen LogP contribution in [0.3, 0.4) is 0 Å². The highest BCUT2D eigenvalue weighted by Crippen LogP contribution is 2.41. The molecule has 0 radical (unpaired) electrons. The van der Waals surface area contributed by atoms with Gasteiger partial charge in [0, 0.05) is 29.3 Å². The van der Waals surface area contributed by atoms with Crippen LogP contribution in [0.15, 0.2) is 30.3 Å². The van der Waals surface area contributed by atoms with E-state index in [-0.39, 0.29) is 6.10 Å². The number of methoxy groups -OCH3 is 2. The minimum atomic E-state index is 0.0464. The summed E-state index contributed by atoms with van der Waals surface area (Å²) >= 11 is 3.44. The Morgan fingerprint density at radius 2 is 1.79 bits per heavy atom. The Bertz CT molecular complexity index is 645. The number of hydrogen-bond acceptors (Lipinski definition) is 4. The fourth-order valence-electron chi connectivity index (χ4n) is 2.49. The van der Waals surface area contributed by atoms with Gasteiger partial charge in [-0.15, -0.1) is 0 Å². The largest absolute Gasteiger partial charge is 0.493 e. The number of rotatable bonds is 10. The van der Waals surface area contributed by atoms with E-state index in [1.165, 1.54) is 0 Å². The lowest BCUT2D eigenvalue weighted by atomic mass is 10.1. The first-order chi connectivity index (χ1) is 11.7. The van der Waals surface area contributed by atoms with Gasteiger partial charge >= 0.3 is 0 Å². The number of halogens is 1. The van der Waals surface area contributed by atoms with Gasteiger partial charge in [0.2, 0.25) is 0 Å². The second-order valence-corrected chi connectivity index (χ2v) is 6.24. The van der Waals surface area contributed by atoms with E-state index in [1.54, 1.807) is 14.2 Å². The van der Waals surface area contributed by atoms with E-state index in [0.29, 0.717) is 19.0 Å². The van der Waals surface area contributed by atoms with Gasteiger partial charge in [-0.2, -0.15) is 0 Å². The molecule has 0 amide bonds. The fraction of sp³-hybridized carbons (Fsp3) is 0.474. The standard InChI is InChI=1S/C19H25BrO4/c1-4-11-23-19-16-8-6-5-7-15(16)17(12-18(19)22-3)24-13-14(21-2)9-10-20/h5-8,12,14H,4,9-11,13H2,1-3H3. The highest BCUT2D eigenvalue weighted by atomic mass is 79.9. The Morgan fingerprint density at radius 1 is 1.04 bits per heavy atom. The number of alkyl halides is 1. The van der Waals surface area contributed by atoms with Gasteiger partial charge in [0.05, 0.1) is 19.8 Å². The molecule has 0 bridgehead atoms. The van der Waals surface area contributed by atoms with Crippen LogP contribution >= 0.6 is 15.9 Å². The molecule has 1 unspecified atom stereocenters. The van der Waals surface area contributed by atoms with Crippen molar-refractivity contribution in [2.75, 3.05) is 32.8 Å². The normalized spacial score (nSPS) is 12.2. The van der Waals surface area contributed by atoms with Crippen LogP contribution in [0, 0.1) is 0 Å². The van der Waals surface area contributed by atoms with Crippen LogP contribution in [0.1, 0.15) is 19.8 Å². The monoisotopic (exact) mass is 396 g/mol. The summed E-state index contributed by atoms with van der Waals surface area (Å²) in [7, 11) is 3.35. The maximum Gasteiger partial charge on any atom is 0.169 e. The van der Waals surface area contributed by atoms with Gasteiger partial charge in [0.25, 0.3) is 0 Å². The Balaban J connectivity index is 2.36. The zero-order chi connectivity index (χ0) is 17.4. The van der Waals surface area contributed by atoms with Gasteiger partial charge in [-0.3, -0.25) is 0 Å². The first-order valence-corrected chi connectivity index (χ1v) is 9.31. The Hall–Kier alpha value is -1.46. The quantitative estimate of drug-likeness (QED) is 0.539. The zero-order valence-corrected chi connectivity index (χ0v) is 16.1. The van der Waals surface area contributed by atoms with Crippen LogP contribution < -0.4 is 14.2 Å². The third-order valence-corrected chi connectivity index (χ3v) is 4.24. The van der Waals surface area contributed by atoms with Gasteiger partial charge in [-0.25, -0.2) is 0 Å². The summed E-state index contributed by atoms with van der Waals surface area (Å²) in [5, 5.41) is 2.88. The summed E-state index contributed by atoms with van der Waals surface area (Å²) in [5.74, 6) is 2.24. The van der Waals surface area contributed by atoms with Crippen molar-refractivity contribution in [1.29, 1.82) is 0 Å². The number of fused-ring (bicyclic) bond motifs is 1. The van der Waals surface area contributed by atoms with Gasteiger partial charge in [-0.05, 0) is 12.8 Å². The average Bonchev–Trinajstić information content (AvgIpc) is 2.63. The lowest BCUT2D eigenvalue weighted by Gasteiger charge is -2.19. The topological polar surface area (TPSA) is 36.9 Å². The van der Waals surface area contributed by atoms with E-state index >= 15 is 0 Å². The number of ether oxygens (including phenoxy) is 4. The molecule has 2 aromatic carbocycles. The third kappa shape index (κ3) is 4.54. The second kappa shape index (κ2) is 9.74. The summed E-state index contributed by atoms with van der Waals surface area (Å²) in [6.07, 6.45) is 1.88. The Morgan fingerprint density at radius 3 is 2.42 bits per heavy atom. The van der Waals surface area contributed by atoms with Crippen molar-refractivity contribution in [2.24, 2.45) is 0 Å². The van der Waals surface area contributed by atoms with Gasteiger partial charge in [-0.1, -0.05) is 47.1 Å². The smallest absolute Gasteiger partial charge is 0.169 e. The maximum atomic E-state index is 6.05. The molecule has 0 saturated carbocycles. The minimum Gasteiger partial charge on any atom is -0.493 e. The van der Waals surface area contributed by atoms with E-state index in [1.807, 2.05) is 30.3 Å². The molecular weight excluding hydrogens is 372 g/mol. The SMILES string of the molecule is CCCOc1c(OC)cc(OCC(CCBr)OC)c2ccccc12. The van der Waals surface area contributed by atoms with Gasteiger partial charge in [0.1, 0.15) is 12.4 Å². The summed E-state index contributed by atoms with van der Waals surface area (Å²) in [4.78, 5) is 0.